The van der Waals surface area contributed by atoms with Gasteiger partial charge in [0, 0.05) is 0 Å². The van der Waals surface area contributed by atoms with Gasteiger partial charge < -0.3 is 5.11 Å². The number of nitrogens with zero attached hydrogens (tertiary/aromatic N) is 1. The van der Waals surface area contributed by atoms with E-state index < -0.39 is 0 Å². The minimum Gasteiger partial charge on any atom is -0.506 e. The molecule has 2 bridgehead atoms. The van der Waals surface area contributed by atoms with Crippen molar-refractivity contribution in [1.82, 2.24) is 0 Å². The van der Waals surface area contributed by atoms with Crippen molar-refractivity contribution >= 4 is 17.5 Å². The number of hydrogen-bond acceptors (Lipinski definition) is 3. The summed E-state index contributed by atoms with van der Waals surface area (Å²) in [6.45, 7) is 2.04. The summed E-state index contributed by atoms with van der Waals surface area (Å²) >= 11 is 0. The van der Waals surface area contributed by atoms with Gasteiger partial charge in [0.1, 0.15) is 5.75 Å². The van der Waals surface area contributed by atoms with Crippen LogP contribution in [0.25, 0.3) is 0 Å². The number of aromatic hydroxyl groups is 1. The zero-order valence-corrected chi connectivity index (χ0v) is 11.1. The third-order valence-corrected chi connectivity index (χ3v) is 5.00. The van der Waals surface area contributed by atoms with Gasteiger partial charge in [-0.1, -0.05) is 23.8 Å². The Balaban J connectivity index is 1.78. The Bertz CT molecular complexity index is 663. The summed E-state index contributed by atoms with van der Waals surface area (Å²) < 4.78 is 0. The molecular weight excluding hydrogens is 254 g/mol. The SMILES string of the molecule is CC1=CC2CC1C1C(=O)N(c3ccccc3O)C(=O)C21. The average molecular weight is 269 g/mol. The molecule has 4 unspecified atom stereocenters. The number of carbonyl (C=O) groups is 2. The first-order chi connectivity index (χ1) is 9.59. The lowest BCUT2D eigenvalue weighted by molar-refractivity contribution is -0.123. The number of phenolic OH excluding ortho intramolecular Hbond substituents is 1. The lowest BCUT2D eigenvalue weighted by Gasteiger charge is -2.19. The molecule has 1 heterocycles. The van der Waals surface area contributed by atoms with E-state index in [1.54, 1.807) is 18.2 Å². The van der Waals surface area contributed by atoms with Crippen LogP contribution in [-0.4, -0.2) is 16.9 Å². The highest BCUT2D eigenvalue weighted by atomic mass is 16.3. The van der Waals surface area contributed by atoms with E-state index in [1.165, 1.54) is 16.5 Å². The molecule has 0 aromatic heterocycles. The highest BCUT2D eigenvalue weighted by Crippen LogP contribution is 2.56. The number of anilines is 1. The van der Waals surface area contributed by atoms with Crippen LogP contribution in [0.1, 0.15) is 13.3 Å². The minimum absolute atomic E-state index is 0.0220. The minimum atomic E-state index is -0.226. The number of phenols is 1. The second-order valence-electron chi connectivity index (χ2n) is 5.97. The number of amides is 2. The van der Waals surface area contributed by atoms with Crippen molar-refractivity contribution in [1.29, 1.82) is 0 Å². The average Bonchev–Trinajstić information content (AvgIpc) is 3.03. The first kappa shape index (κ1) is 11.7. The molecule has 4 nitrogen and oxygen atoms in total. The maximum atomic E-state index is 12.7. The molecule has 0 spiro atoms. The van der Waals surface area contributed by atoms with Crippen LogP contribution in [0.15, 0.2) is 35.9 Å². The highest BCUT2D eigenvalue weighted by molar-refractivity contribution is 6.23. The summed E-state index contributed by atoms with van der Waals surface area (Å²) in [6, 6.07) is 6.53. The van der Waals surface area contributed by atoms with Crippen molar-refractivity contribution < 1.29 is 14.7 Å². The highest BCUT2D eigenvalue weighted by Gasteiger charge is 2.61. The van der Waals surface area contributed by atoms with Gasteiger partial charge in [-0.25, -0.2) is 4.90 Å². The summed E-state index contributed by atoms with van der Waals surface area (Å²) in [7, 11) is 0. The smallest absolute Gasteiger partial charge is 0.238 e. The van der Waals surface area contributed by atoms with Crippen LogP contribution in [0, 0.1) is 23.7 Å². The Kier molecular flexibility index (Phi) is 2.18. The molecule has 2 aliphatic carbocycles. The molecule has 1 aromatic carbocycles. The number of fused-ring (bicyclic) bond motifs is 5. The van der Waals surface area contributed by atoms with Gasteiger partial charge in [0.15, 0.2) is 0 Å². The Morgan fingerprint density at radius 2 is 1.85 bits per heavy atom. The number of imide groups is 1. The van der Waals surface area contributed by atoms with E-state index in [1.807, 2.05) is 6.92 Å². The molecule has 4 heteroatoms. The summed E-state index contributed by atoms with van der Waals surface area (Å²) in [5.74, 6) is -0.382. The number of allylic oxidation sites excluding steroid dienone is 2. The Morgan fingerprint density at radius 1 is 1.15 bits per heavy atom. The zero-order valence-electron chi connectivity index (χ0n) is 11.1. The first-order valence-electron chi connectivity index (χ1n) is 6.93. The second-order valence-corrected chi connectivity index (χ2v) is 5.97. The van der Waals surface area contributed by atoms with Gasteiger partial charge in [-0.15, -0.1) is 0 Å². The monoisotopic (exact) mass is 269 g/mol. The van der Waals surface area contributed by atoms with Crippen LogP contribution >= 0.6 is 0 Å². The van der Waals surface area contributed by atoms with Crippen LogP contribution in [0.5, 0.6) is 5.75 Å². The van der Waals surface area contributed by atoms with E-state index in [9.17, 15) is 14.7 Å². The van der Waals surface area contributed by atoms with Crippen LogP contribution < -0.4 is 4.90 Å². The largest absolute Gasteiger partial charge is 0.506 e. The lowest BCUT2D eigenvalue weighted by Crippen LogP contribution is -2.32. The zero-order chi connectivity index (χ0) is 14.0. The molecule has 1 saturated heterocycles. The summed E-state index contributed by atoms with van der Waals surface area (Å²) in [5.41, 5.74) is 1.55. The molecule has 1 aliphatic heterocycles. The van der Waals surface area contributed by atoms with E-state index in [-0.39, 0.29) is 41.2 Å². The van der Waals surface area contributed by atoms with Crippen LogP contribution in [-0.2, 0) is 9.59 Å². The van der Waals surface area contributed by atoms with Gasteiger partial charge in [-0.05, 0) is 37.3 Å². The summed E-state index contributed by atoms with van der Waals surface area (Å²) in [5, 5.41) is 9.91. The normalized spacial score (nSPS) is 34.6. The van der Waals surface area contributed by atoms with E-state index in [4.69, 9.17) is 0 Å². The lowest BCUT2D eigenvalue weighted by atomic mass is 9.82. The number of carbonyl (C=O) groups excluding carboxylic acids is 2. The first-order valence-corrected chi connectivity index (χ1v) is 6.93. The van der Waals surface area contributed by atoms with Crippen molar-refractivity contribution in [2.24, 2.45) is 23.7 Å². The Morgan fingerprint density at radius 3 is 2.60 bits per heavy atom. The van der Waals surface area contributed by atoms with Gasteiger partial charge in [0.05, 0.1) is 17.5 Å². The molecule has 2 amide bonds. The standard InChI is InChI=1S/C16H15NO3/c1-8-6-9-7-10(8)14-13(9)15(19)17(16(14)20)11-4-2-3-5-12(11)18/h2-6,9-10,13-14,18H,7H2,1H3. The van der Waals surface area contributed by atoms with Crippen molar-refractivity contribution in [3.05, 3.63) is 35.9 Å². The quantitative estimate of drug-likeness (QED) is 0.627. The number of para-hydroxylation sites is 2. The second kappa shape index (κ2) is 3.72. The van der Waals surface area contributed by atoms with E-state index in [0.717, 1.165) is 6.42 Å². The molecular formula is C16H15NO3. The summed E-state index contributed by atoms with van der Waals surface area (Å²) in [6.07, 6.45) is 3.07. The number of benzene rings is 1. The van der Waals surface area contributed by atoms with Crippen molar-refractivity contribution in [2.45, 2.75) is 13.3 Å². The molecule has 3 aliphatic rings. The maximum absolute atomic E-state index is 12.7. The number of rotatable bonds is 1. The topological polar surface area (TPSA) is 57.6 Å². The fourth-order valence-electron chi connectivity index (χ4n) is 4.17. The molecule has 20 heavy (non-hydrogen) atoms. The van der Waals surface area contributed by atoms with E-state index in [0.29, 0.717) is 5.69 Å². The predicted octanol–water partition coefficient (Wildman–Crippen LogP) is 2.09. The van der Waals surface area contributed by atoms with Crippen LogP contribution in [0.2, 0.25) is 0 Å². The molecule has 102 valence electrons. The van der Waals surface area contributed by atoms with Crippen LogP contribution in [0.3, 0.4) is 0 Å². The molecule has 1 N–H and O–H groups in total. The number of hydrogen-bond donors (Lipinski definition) is 1. The molecule has 1 aromatic rings. The molecule has 4 rings (SSSR count). The fraction of sp³-hybridized carbons (Fsp3) is 0.375. The van der Waals surface area contributed by atoms with Gasteiger partial charge in [-0.2, -0.15) is 0 Å². The Hall–Kier alpha value is -2.10. The van der Waals surface area contributed by atoms with Crippen molar-refractivity contribution in [2.75, 3.05) is 4.90 Å². The van der Waals surface area contributed by atoms with E-state index in [2.05, 4.69) is 6.08 Å². The van der Waals surface area contributed by atoms with E-state index >= 15 is 0 Å². The Labute approximate surface area is 116 Å². The predicted molar refractivity (Wildman–Crippen MR) is 72.9 cm³/mol. The van der Waals surface area contributed by atoms with Gasteiger partial charge in [-0.3, -0.25) is 9.59 Å². The molecule has 2 fully saturated rings. The van der Waals surface area contributed by atoms with Crippen LogP contribution in [0.4, 0.5) is 5.69 Å². The molecule has 4 atom stereocenters. The van der Waals surface area contributed by atoms with Crippen molar-refractivity contribution in [3.63, 3.8) is 0 Å². The van der Waals surface area contributed by atoms with Gasteiger partial charge in [0.2, 0.25) is 11.8 Å². The van der Waals surface area contributed by atoms with Gasteiger partial charge in [0.25, 0.3) is 0 Å². The molecule has 0 radical (unpaired) electrons. The summed E-state index contributed by atoms with van der Waals surface area (Å²) in [4.78, 5) is 26.5. The maximum Gasteiger partial charge on any atom is 0.238 e. The third-order valence-electron chi connectivity index (χ3n) is 5.00. The molecule has 1 saturated carbocycles. The van der Waals surface area contributed by atoms with Crippen molar-refractivity contribution in [3.8, 4) is 5.75 Å². The fourth-order valence-corrected chi connectivity index (χ4v) is 4.17. The third kappa shape index (κ3) is 1.26. The van der Waals surface area contributed by atoms with Gasteiger partial charge >= 0.3 is 0 Å².